The first-order valence-corrected chi connectivity index (χ1v) is 31.7. The van der Waals surface area contributed by atoms with E-state index in [1.807, 2.05) is 158 Å². The Balaban J connectivity index is 0.880. The number of aromatic nitrogens is 8. The van der Waals surface area contributed by atoms with Gasteiger partial charge >= 0.3 is 0 Å². The number of rotatable bonds is 12. The molecule has 0 aliphatic carbocycles. The molecule has 17 aromatic rings. The van der Waals surface area contributed by atoms with Crippen molar-refractivity contribution in [3.05, 3.63) is 332 Å². The Labute approximate surface area is 553 Å². The van der Waals surface area contributed by atoms with E-state index in [1.54, 1.807) is 0 Å². The highest BCUT2D eigenvalue weighted by Crippen LogP contribution is 2.43. The summed E-state index contributed by atoms with van der Waals surface area (Å²) >= 11 is 0. The third kappa shape index (κ3) is 10.4. The van der Waals surface area contributed by atoms with Gasteiger partial charge in [-0.3, -0.25) is 0 Å². The van der Waals surface area contributed by atoms with Crippen molar-refractivity contribution in [3.63, 3.8) is 0 Å². The summed E-state index contributed by atoms with van der Waals surface area (Å²) in [7, 11) is 0. The molecule has 17 rings (SSSR count). The van der Waals surface area contributed by atoms with E-state index in [0.29, 0.717) is 46.2 Å². The van der Waals surface area contributed by atoms with Gasteiger partial charge < -0.3 is 9.13 Å². The van der Waals surface area contributed by atoms with Crippen molar-refractivity contribution in [2.75, 3.05) is 0 Å². The first kappa shape index (κ1) is 56.4. The second-order valence-electron chi connectivity index (χ2n) is 23.7. The summed E-state index contributed by atoms with van der Waals surface area (Å²) in [6, 6.07) is 110. The zero-order valence-electron chi connectivity index (χ0n) is 51.5. The Bertz CT molecular complexity index is 5870. The maximum Gasteiger partial charge on any atom is 0.187 e. The van der Waals surface area contributed by atoms with Crippen molar-refractivity contribution >= 4 is 49.3 Å². The molecule has 446 valence electrons. The molecule has 10 nitrogen and oxygen atoms in total. The molecule has 10 heteroatoms. The molecule has 0 bridgehead atoms. The van der Waals surface area contributed by atoms with Gasteiger partial charge in [0.2, 0.25) is 0 Å². The molecule has 0 unspecified atom stereocenters. The van der Waals surface area contributed by atoms with E-state index >= 15 is 0 Å². The van der Waals surface area contributed by atoms with E-state index in [4.69, 9.17) is 36.5 Å². The predicted octanol–water partition coefficient (Wildman–Crippen LogP) is 21.3. The molecule has 0 saturated carbocycles. The fourth-order valence-electron chi connectivity index (χ4n) is 13.2. The van der Waals surface area contributed by atoms with Gasteiger partial charge in [0.25, 0.3) is 0 Å². The smallest absolute Gasteiger partial charge is 0.187 e. The molecule has 4 aromatic heterocycles. The van der Waals surface area contributed by atoms with Gasteiger partial charge in [0, 0.05) is 60.6 Å². The summed E-state index contributed by atoms with van der Waals surface area (Å²) in [6.07, 6.45) is 0. The summed E-state index contributed by atoms with van der Waals surface area (Å²) in [5.41, 5.74) is 20.0. The minimum atomic E-state index is 0.516. The van der Waals surface area contributed by atoms with Crippen LogP contribution in [-0.2, 0) is 0 Å². The van der Waals surface area contributed by atoms with Gasteiger partial charge in [0.15, 0.2) is 40.6 Å². The second kappa shape index (κ2) is 23.9. The number of nitriles is 1. The first-order valence-electron chi connectivity index (χ1n) is 31.7. The molecule has 0 spiro atoms. The van der Waals surface area contributed by atoms with Crippen LogP contribution in [0.2, 0.25) is 0 Å². The average molecular weight is 1230 g/mol. The average Bonchev–Trinajstić information content (AvgIpc) is 1.57. The van der Waals surface area contributed by atoms with Gasteiger partial charge in [-0.2, -0.15) is 5.26 Å². The Morgan fingerprint density at radius 1 is 0.271 bits per heavy atom. The molecule has 0 aliphatic rings. The largest absolute Gasteiger partial charge is 0.309 e. The molecule has 13 aromatic carbocycles. The van der Waals surface area contributed by atoms with Crippen LogP contribution in [0.25, 0.3) is 173 Å². The van der Waals surface area contributed by atoms with Gasteiger partial charge in [-0.25, -0.2) is 34.7 Å². The van der Waals surface area contributed by atoms with Gasteiger partial charge in [0.1, 0.15) is 0 Å². The maximum absolute atomic E-state index is 9.88. The predicted molar refractivity (Wildman–Crippen MR) is 387 cm³/mol. The van der Waals surface area contributed by atoms with Crippen molar-refractivity contribution in [1.82, 2.24) is 39.0 Å². The van der Waals surface area contributed by atoms with Crippen LogP contribution in [0, 0.1) is 17.9 Å². The molecule has 0 aliphatic heterocycles. The summed E-state index contributed by atoms with van der Waals surface area (Å²) in [5, 5.41) is 14.2. The van der Waals surface area contributed by atoms with E-state index in [2.05, 4.69) is 178 Å². The highest BCUT2D eigenvalue weighted by molar-refractivity contribution is 6.12. The van der Waals surface area contributed by atoms with Gasteiger partial charge in [0.05, 0.1) is 46.0 Å². The molecule has 4 heterocycles. The van der Waals surface area contributed by atoms with Crippen LogP contribution in [0.5, 0.6) is 0 Å². The number of benzene rings is 13. The number of hydrogen-bond acceptors (Lipinski definition) is 7. The summed E-state index contributed by atoms with van der Waals surface area (Å²) < 4.78 is 4.67. The van der Waals surface area contributed by atoms with Gasteiger partial charge in [-0.05, 0) is 136 Å². The minimum absolute atomic E-state index is 0.516. The van der Waals surface area contributed by atoms with Crippen LogP contribution < -0.4 is 0 Å². The second-order valence-corrected chi connectivity index (χ2v) is 23.7. The molecular formula is C86H52N10. The van der Waals surface area contributed by atoms with Crippen molar-refractivity contribution in [2.45, 2.75) is 0 Å². The minimum Gasteiger partial charge on any atom is -0.309 e. The monoisotopic (exact) mass is 1220 g/mol. The third-order valence-corrected chi connectivity index (χ3v) is 17.8. The molecule has 0 fully saturated rings. The highest BCUT2D eigenvalue weighted by atomic mass is 15.1. The molecule has 0 N–H and O–H groups in total. The van der Waals surface area contributed by atoms with E-state index < -0.39 is 0 Å². The van der Waals surface area contributed by atoms with Crippen LogP contribution in [0.1, 0.15) is 5.56 Å². The van der Waals surface area contributed by atoms with Crippen LogP contribution in [0.4, 0.5) is 5.69 Å². The maximum atomic E-state index is 9.88. The first-order chi connectivity index (χ1) is 47.4. The molecule has 0 amide bonds. The fourth-order valence-corrected chi connectivity index (χ4v) is 13.2. The fraction of sp³-hybridized carbons (Fsp3) is 0. The van der Waals surface area contributed by atoms with E-state index in [0.717, 1.165) is 133 Å². The third-order valence-electron chi connectivity index (χ3n) is 17.8. The van der Waals surface area contributed by atoms with E-state index in [9.17, 15) is 5.26 Å². The summed E-state index contributed by atoms with van der Waals surface area (Å²) in [4.78, 5) is 35.4. The van der Waals surface area contributed by atoms with Crippen molar-refractivity contribution in [1.29, 1.82) is 5.26 Å². The van der Waals surface area contributed by atoms with Crippen LogP contribution in [-0.4, -0.2) is 39.0 Å². The van der Waals surface area contributed by atoms with Crippen LogP contribution in [0.3, 0.4) is 0 Å². The topological polar surface area (TPSA) is 115 Å². The number of para-hydroxylation sites is 2. The Morgan fingerprint density at radius 2 is 0.646 bits per heavy atom. The quantitative estimate of drug-likeness (QED) is 0.112. The SMILES string of the molecule is [C-]#[N+]c1cccc(-c2ccc3c(c2)c2ccccc2n3-c2ccc(-c3cccc(-c4cc(-c5nc(-c6ccccc6)nc(-c6ccccc6)n5)cc(-n5c6ccccc6c6cc(-c7cccc(C#N)c7)ccc65)c4)c3)cc2-c2nc(-c3ccccc3)nc(-c3ccccc3)n2)c1. The van der Waals surface area contributed by atoms with Crippen molar-refractivity contribution in [3.8, 4) is 130 Å². The lowest BCUT2D eigenvalue weighted by molar-refractivity contribution is 1.06. The van der Waals surface area contributed by atoms with Gasteiger partial charge in [-0.1, -0.05) is 224 Å². The normalized spacial score (nSPS) is 11.3. The lowest BCUT2D eigenvalue weighted by Crippen LogP contribution is -2.04. The van der Waals surface area contributed by atoms with Crippen molar-refractivity contribution < 1.29 is 0 Å². The highest BCUT2D eigenvalue weighted by Gasteiger charge is 2.23. The number of hydrogen-bond donors (Lipinski definition) is 0. The molecule has 96 heavy (non-hydrogen) atoms. The zero-order valence-corrected chi connectivity index (χ0v) is 51.5. The Hall–Kier alpha value is -13.5. The summed E-state index contributed by atoms with van der Waals surface area (Å²) in [6.45, 7) is 7.78. The van der Waals surface area contributed by atoms with Crippen LogP contribution >= 0.6 is 0 Å². The van der Waals surface area contributed by atoms with Crippen LogP contribution in [0.15, 0.2) is 315 Å². The number of nitrogens with zero attached hydrogens (tertiary/aromatic N) is 10. The molecule has 0 radical (unpaired) electrons. The summed E-state index contributed by atoms with van der Waals surface area (Å²) in [5.74, 6) is 3.29. The molecule has 0 saturated heterocycles. The molecular weight excluding hydrogens is 1170 g/mol. The number of fused-ring (bicyclic) bond motifs is 6. The lowest BCUT2D eigenvalue weighted by atomic mass is 9.95. The Morgan fingerprint density at radius 3 is 1.19 bits per heavy atom. The van der Waals surface area contributed by atoms with Gasteiger partial charge in [-0.15, -0.1) is 0 Å². The van der Waals surface area contributed by atoms with E-state index in [-0.39, 0.29) is 0 Å². The zero-order chi connectivity index (χ0) is 64.1. The molecule has 0 atom stereocenters. The lowest BCUT2D eigenvalue weighted by Gasteiger charge is -2.17. The standard InChI is InChI=1S/C86H52N10/c1-88-69-34-20-33-63(48-69)65-40-43-79-74(52-65)72-36-15-17-38-77(72)96(79)80-44-41-66(53-75(80)86-93-83(58-26-10-4-11-27-58)90-84(94-86)59-28-12-5-13-29-59)61-31-19-32-62(46-61)67-47-68(85-91-81(56-22-6-2-7-23-56)89-82(92-85)57-24-8-3-9-25-57)50-70(49-67)95-76-37-16-14-35-71(76)73-51-64(39-42-78(73)95)60-30-18-21-55(45-60)54-87/h2-53H. The van der Waals surface area contributed by atoms with E-state index in [1.165, 1.54) is 0 Å². The van der Waals surface area contributed by atoms with Crippen molar-refractivity contribution in [2.24, 2.45) is 0 Å². The Kier molecular flexibility index (Phi) is 14.1.